The summed E-state index contributed by atoms with van der Waals surface area (Å²) in [7, 11) is 0. The summed E-state index contributed by atoms with van der Waals surface area (Å²) in [6, 6.07) is 0. The zero-order valence-corrected chi connectivity index (χ0v) is 6.94. The monoisotopic (exact) mass is 145 g/mol. The van der Waals surface area contributed by atoms with Crippen molar-refractivity contribution in [2.75, 3.05) is 6.54 Å². The molecule has 0 aromatic heterocycles. The summed E-state index contributed by atoms with van der Waals surface area (Å²) in [5.74, 6) is 0. The third-order valence-electron chi connectivity index (χ3n) is 1.68. The van der Waals surface area contributed by atoms with Crippen LogP contribution in [-0.2, 0) is 0 Å². The van der Waals surface area contributed by atoms with Gasteiger partial charge in [-0.3, -0.25) is 0 Å². The molecular formula is C8H19NO. The lowest BCUT2D eigenvalue weighted by Gasteiger charge is -2.01. The van der Waals surface area contributed by atoms with Crippen LogP contribution < -0.4 is 5.48 Å². The second-order valence-electron chi connectivity index (χ2n) is 2.72. The quantitative estimate of drug-likeness (QED) is 0.427. The second kappa shape index (κ2) is 8.92. The van der Waals surface area contributed by atoms with Crippen LogP contribution in [-0.4, -0.2) is 6.54 Å². The number of nitrogens with two attached hydrogens (primary N) is 1. The number of unbranched alkanes of at least 4 members (excludes halogenated alkanes) is 5. The smallest absolute Gasteiger partial charge is 0.0752 e. The average Bonchev–Trinajstić information content (AvgIpc) is 1.97. The lowest BCUT2D eigenvalue weighted by Crippen LogP contribution is -2.77. The van der Waals surface area contributed by atoms with Gasteiger partial charge in [0.15, 0.2) is 0 Å². The highest BCUT2D eigenvalue weighted by molar-refractivity contribution is 4.41. The molecule has 0 fully saturated rings. The zero-order valence-electron chi connectivity index (χ0n) is 6.94. The van der Waals surface area contributed by atoms with Crippen LogP contribution in [0.4, 0.5) is 0 Å². The van der Waals surface area contributed by atoms with Gasteiger partial charge in [0, 0.05) is 0 Å². The standard InChI is InChI=1S/C8H19NO/c1-2-3-4-5-6-7-8-9-10/h2-9H2,1H3. The lowest BCUT2D eigenvalue weighted by molar-refractivity contribution is -0.589. The van der Waals surface area contributed by atoms with Crippen molar-refractivity contribution in [1.29, 1.82) is 0 Å². The molecule has 0 saturated heterocycles. The summed E-state index contributed by atoms with van der Waals surface area (Å²) in [6.07, 6.45) is 7.62. The van der Waals surface area contributed by atoms with Crippen LogP contribution in [0.2, 0.25) is 0 Å². The van der Waals surface area contributed by atoms with Crippen LogP contribution in [0.3, 0.4) is 0 Å². The Morgan fingerprint density at radius 3 is 2.20 bits per heavy atom. The number of rotatable bonds is 7. The van der Waals surface area contributed by atoms with E-state index in [1.54, 1.807) is 0 Å². The van der Waals surface area contributed by atoms with Gasteiger partial charge in [0.05, 0.1) is 6.54 Å². The number of quaternary nitrogens is 1. The van der Waals surface area contributed by atoms with Crippen molar-refractivity contribution < 1.29 is 5.48 Å². The lowest BCUT2D eigenvalue weighted by atomic mass is 10.1. The predicted molar refractivity (Wildman–Crippen MR) is 43.5 cm³/mol. The normalized spacial score (nSPS) is 10.2. The van der Waals surface area contributed by atoms with E-state index in [1.807, 2.05) is 0 Å². The van der Waals surface area contributed by atoms with Gasteiger partial charge in [-0.2, -0.15) is 0 Å². The Morgan fingerprint density at radius 2 is 1.60 bits per heavy atom. The van der Waals surface area contributed by atoms with E-state index in [-0.39, 0.29) is 0 Å². The van der Waals surface area contributed by atoms with Gasteiger partial charge in [-0.05, 0) is 12.8 Å². The Morgan fingerprint density at radius 1 is 1.00 bits per heavy atom. The molecule has 0 aromatic carbocycles. The first kappa shape index (κ1) is 9.92. The molecular weight excluding hydrogens is 126 g/mol. The molecule has 0 bridgehead atoms. The van der Waals surface area contributed by atoms with Crippen LogP contribution in [0.1, 0.15) is 45.4 Å². The fourth-order valence-corrected chi connectivity index (χ4v) is 1.01. The van der Waals surface area contributed by atoms with E-state index >= 15 is 0 Å². The number of hydrogen-bond donors (Lipinski definition) is 1. The van der Waals surface area contributed by atoms with Gasteiger partial charge in [-0.25, -0.2) is 0 Å². The molecule has 2 heteroatoms. The maximum Gasteiger partial charge on any atom is 0.0752 e. The Kier molecular flexibility index (Phi) is 8.85. The maximum atomic E-state index is 9.89. The molecule has 10 heavy (non-hydrogen) atoms. The Labute approximate surface area is 63.6 Å². The zero-order chi connectivity index (χ0) is 7.66. The SMILES string of the molecule is CCCCCCCC[NH2+][O-]. The van der Waals surface area contributed by atoms with Crippen molar-refractivity contribution in [3.05, 3.63) is 5.21 Å². The summed E-state index contributed by atoms with van der Waals surface area (Å²) in [5, 5.41) is 9.89. The van der Waals surface area contributed by atoms with E-state index in [0.717, 1.165) is 18.4 Å². The molecule has 0 amide bonds. The van der Waals surface area contributed by atoms with E-state index in [4.69, 9.17) is 0 Å². The molecule has 0 aliphatic carbocycles. The molecule has 62 valence electrons. The number of hydrogen-bond acceptors (Lipinski definition) is 1. The number of hydroxylamine groups is 1. The Hall–Kier alpha value is -0.0800. The van der Waals surface area contributed by atoms with Gasteiger partial charge >= 0.3 is 0 Å². The van der Waals surface area contributed by atoms with E-state index < -0.39 is 0 Å². The summed E-state index contributed by atoms with van der Waals surface area (Å²) in [6.45, 7) is 2.97. The third kappa shape index (κ3) is 7.92. The molecule has 0 unspecified atom stereocenters. The van der Waals surface area contributed by atoms with E-state index in [9.17, 15) is 5.21 Å². The first-order valence-electron chi connectivity index (χ1n) is 4.35. The van der Waals surface area contributed by atoms with Gasteiger partial charge in [-0.15, -0.1) is 0 Å². The third-order valence-corrected chi connectivity index (χ3v) is 1.68. The van der Waals surface area contributed by atoms with Crippen molar-refractivity contribution in [1.82, 2.24) is 0 Å². The molecule has 2 nitrogen and oxygen atoms in total. The summed E-state index contributed by atoms with van der Waals surface area (Å²) in [5.41, 5.74) is 1.01. The first-order chi connectivity index (χ1) is 4.91. The fourth-order valence-electron chi connectivity index (χ4n) is 1.01. The Bertz CT molecular complexity index is 49.2. The van der Waals surface area contributed by atoms with Gasteiger partial charge in [0.1, 0.15) is 0 Å². The van der Waals surface area contributed by atoms with E-state index in [2.05, 4.69) is 6.92 Å². The predicted octanol–water partition coefficient (Wildman–Crippen LogP) is 1.41. The highest BCUT2D eigenvalue weighted by Crippen LogP contribution is 2.03. The van der Waals surface area contributed by atoms with Crippen LogP contribution in [0.15, 0.2) is 0 Å². The molecule has 0 atom stereocenters. The van der Waals surface area contributed by atoms with Crippen LogP contribution >= 0.6 is 0 Å². The van der Waals surface area contributed by atoms with Crippen molar-refractivity contribution in [2.24, 2.45) is 0 Å². The minimum atomic E-state index is 0.756. The molecule has 0 saturated carbocycles. The van der Waals surface area contributed by atoms with Gasteiger partial charge in [-0.1, -0.05) is 32.6 Å². The van der Waals surface area contributed by atoms with Crippen molar-refractivity contribution in [2.45, 2.75) is 45.4 Å². The van der Waals surface area contributed by atoms with Gasteiger partial charge < -0.3 is 10.7 Å². The molecule has 0 aliphatic heterocycles. The largest absolute Gasteiger partial charge is 0.636 e. The van der Waals surface area contributed by atoms with Crippen molar-refractivity contribution in [3.8, 4) is 0 Å². The van der Waals surface area contributed by atoms with E-state index in [1.165, 1.54) is 32.1 Å². The van der Waals surface area contributed by atoms with Crippen molar-refractivity contribution >= 4 is 0 Å². The highest BCUT2D eigenvalue weighted by Gasteiger charge is 1.87. The van der Waals surface area contributed by atoms with Gasteiger partial charge in [0.25, 0.3) is 0 Å². The topological polar surface area (TPSA) is 39.7 Å². The molecule has 0 aliphatic rings. The summed E-state index contributed by atoms with van der Waals surface area (Å²) in [4.78, 5) is 0. The Balaban J connectivity index is 2.65. The maximum absolute atomic E-state index is 9.89. The van der Waals surface area contributed by atoms with E-state index in [0.29, 0.717) is 0 Å². The van der Waals surface area contributed by atoms with Crippen molar-refractivity contribution in [3.63, 3.8) is 0 Å². The second-order valence-corrected chi connectivity index (χ2v) is 2.72. The minimum absolute atomic E-state index is 0.756. The van der Waals surface area contributed by atoms with Gasteiger partial charge in [0.2, 0.25) is 0 Å². The molecule has 0 heterocycles. The molecule has 0 rings (SSSR count). The van der Waals surface area contributed by atoms with Crippen LogP contribution in [0.5, 0.6) is 0 Å². The molecule has 0 spiro atoms. The molecule has 0 radical (unpaired) electrons. The molecule has 0 aromatic rings. The first-order valence-corrected chi connectivity index (χ1v) is 4.35. The minimum Gasteiger partial charge on any atom is -0.636 e. The average molecular weight is 145 g/mol. The summed E-state index contributed by atoms with van der Waals surface area (Å²) >= 11 is 0. The molecule has 2 N–H and O–H groups in total. The summed E-state index contributed by atoms with van der Waals surface area (Å²) < 4.78 is 0. The van der Waals surface area contributed by atoms with Crippen LogP contribution in [0, 0.1) is 5.21 Å². The highest BCUT2D eigenvalue weighted by atomic mass is 16.5. The fraction of sp³-hybridized carbons (Fsp3) is 1.00. The van der Waals surface area contributed by atoms with Crippen LogP contribution in [0.25, 0.3) is 0 Å².